The summed E-state index contributed by atoms with van der Waals surface area (Å²) in [5, 5.41) is 10.2. The number of ether oxygens (including phenoxy) is 1. The van der Waals surface area contributed by atoms with Crippen molar-refractivity contribution in [1.29, 1.82) is 0 Å². The highest BCUT2D eigenvalue weighted by Crippen LogP contribution is 2.73. The molecular formula is C18H22BrClF4O2. The fraction of sp³-hybridized carbons (Fsp3) is 0.667. The maximum Gasteiger partial charge on any atom is 0.347 e. The van der Waals surface area contributed by atoms with E-state index in [-0.39, 0.29) is 0 Å². The standard InChI is InChI=1S/C18H22BrClF4O2/c1-2-3-4-5-6-7-12-26-14-10-8-13(9-11-14)15(25)16(19,20)18(23,24)17(15,21)22/h8-11,25H,2-7,12H2,1H3. The highest BCUT2D eigenvalue weighted by Gasteiger charge is 2.94. The molecule has 2 atom stereocenters. The molecule has 26 heavy (non-hydrogen) atoms. The van der Waals surface area contributed by atoms with Crippen LogP contribution in [0.4, 0.5) is 17.6 Å². The molecule has 0 heterocycles. The number of benzene rings is 1. The molecule has 1 aliphatic carbocycles. The highest BCUT2D eigenvalue weighted by molar-refractivity contribution is 9.10. The average molecular weight is 462 g/mol. The third-order valence-electron chi connectivity index (χ3n) is 4.74. The van der Waals surface area contributed by atoms with Gasteiger partial charge in [-0.2, -0.15) is 17.6 Å². The normalized spacial score (nSPS) is 29.2. The molecule has 1 fully saturated rings. The van der Waals surface area contributed by atoms with E-state index in [1.165, 1.54) is 31.4 Å². The van der Waals surface area contributed by atoms with E-state index < -0.39 is 26.8 Å². The molecule has 8 heteroatoms. The van der Waals surface area contributed by atoms with Crippen LogP contribution < -0.4 is 4.74 Å². The first-order valence-electron chi connectivity index (χ1n) is 8.63. The number of aliphatic hydroxyl groups is 1. The van der Waals surface area contributed by atoms with E-state index in [2.05, 4.69) is 22.9 Å². The van der Waals surface area contributed by atoms with Gasteiger partial charge in [0.1, 0.15) is 5.75 Å². The lowest BCUT2D eigenvalue weighted by molar-refractivity contribution is -0.388. The highest BCUT2D eigenvalue weighted by atomic mass is 79.9. The van der Waals surface area contributed by atoms with Crippen LogP contribution in [0, 0.1) is 0 Å². The number of hydrogen-bond acceptors (Lipinski definition) is 2. The minimum atomic E-state index is -4.70. The quantitative estimate of drug-likeness (QED) is 0.268. The third-order valence-corrected chi connectivity index (χ3v) is 6.32. The van der Waals surface area contributed by atoms with Crippen molar-refractivity contribution in [2.24, 2.45) is 0 Å². The predicted octanol–water partition coefficient (Wildman–Crippen LogP) is 6.23. The number of halogens is 6. The Bertz CT molecular complexity index is 590. The Morgan fingerprint density at radius 2 is 1.50 bits per heavy atom. The molecule has 1 aromatic carbocycles. The van der Waals surface area contributed by atoms with Crippen LogP contribution in [0.3, 0.4) is 0 Å². The summed E-state index contributed by atoms with van der Waals surface area (Å²) < 4.78 is 57.4. The zero-order valence-corrected chi connectivity index (χ0v) is 16.7. The van der Waals surface area contributed by atoms with Crippen LogP contribution in [0.1, 0.15) is 51.0 Å². The summed E-state index contributed by atoms with van der Waals surface area (Å²) in [6, 6.07) is 4.96. The summed E-state index contributed by atoms with van der Waals surface area (Å²) in [5.41, 5.74) is -3.64. The first-order chi connectivity index (χ1) is 12.0. The molecule has 2 rings (SSSR count). The molecule has 1 saturated carbocycles. The molecule has 0 bridgehead atoms. The Morgan fingerprint density at radius 1 is 0.962 bits per heavy atom. The van der Waals surface area contributed by atoms with Gasteiger partial charge in [-0.3, -0.25) is 0 Å². The van der Waals surface area contributed by atoms with Crippen molar-refractivity contribution in [1.82, 2.24) is 0 Å². The van der Waals surface area contributed by atoms with Crippen molar-refractivity contribution < 1.29 is 27.4 Å². The van der Waals surface area contributed by atoms with Crippen molar-refractivity contribution >= 4 is 27.5 Å². The fourth-order valence-electron chi connectivity index (χ4n) is 3.01. The van der Waals surface area contributed by atoms with Gasteiger partial charge in [-0.15, -0.1) is 0 Å². The van der Waals surface area contributed by atoms with E-state index in [0.717, 1.165) is 31.4 Å². The van der Waals surface area contributed by atoms with E-state index in [0.29, 0.717) is 12.4 Å². The summed E-state index contributed by atoms with van der Waals surface area (Å²) in [5.74, 6) is -8.88. The Kier molecular flexibility index (Phi) is 6.56. The molecule has 0 amide bonds. The van der Waals surface area contributed by atoms with Gasteiger partial charge in [0.25, 0.3) is 0 Å². The lowest BCUT2D eigenvalue weighted by Crippen LogP contribution is -2.82. The van der Waals surface area contributed by atoms with Crippen LogP contribution >= 0.6 is 27.5 Å². The van der Waals surface area contributed by atoms with Crippen LogP contribution in [0.5, 0.6) is 5.75 Å². The number of alkyl halides is 6. The molecule has 0 aliphatic heterocycles. The van der Waals surface area contributed by atoms with Gasteiger partial charge in [0, 0.05) is 0 Å². The SMILES string of the molecule is CCCCCCCCOc1ccc(C2(O)C(F)(F)C(F)(F)C2(Cl)Br)cc1. The van der Waals surface area contributed by atoms with Gasteiger partial charge in [0.2, 0.25) is 3.78 Å². The summed E-state index contributed by atoms with van der Waals surface area (Å²) in [6.45, 7) is 2.62. The number of unbranched alkanes of at least 4 members (excludes halogenated alkanes) is 5. The summed E-state index contributed by atoms with van der Waals surface area (Å²) in [6.07, 6.45) is 6.62. The van der Waals surface area contributed by atoms with Crippen molar-refractivity contribution in [3.63, 3.8) is 0 Å². The number of rotatable bonds is 9. The Hall–Kier alpha value is -0.530. The number of hydrogen-bond donors (Lipinski definition) is 1. The molecule has 148 valence electrons. The van der Waals surface area contributed by atoms with Crippen molar-refractivity contribution in [3.05, 3.63) is 29.8 Å². The second-order valence-corrected chi connectivity index (χ2v) is 8.79. The zero-order valence-electron chi connectivity index (χ0n) is 14.4. The first-order valence-corrected chi connectivity index (χ1v) is 9.80. The molecule has 1 aromatic rings. The Labute approximate surface area is 164 Å². The van der Waals surface area contributed by atoms with Gasteiger partial charge >= 0.3 is 11.8 Å². The average Bonchev–Trinajstić information content (AvgIpc) is 2.59. The largest absolute Gasteiger partial charge is 0.494 e. The van der Waals surface area contributed by atoms with Crippen LogP contribution in [-0.2, 0) is 5.60 Å². The van der Waals surface area contributed by atoms with Crippen LogP contribution in [0.25, 0.3) is 0 Å². The molecule has 1 N–H and O–H groups in total. The molecule has 2 nitrogen and oxygen atoms in total. The molecule has 0 saturated heterocycles. The maximum absolute atomic E-state index is 13.9. The van der Waals surface area contributed by atoms with Gasteiger partial charge in [-0.1, -0.05) is 78.7 Å². The minimum absolute atomic E-state index is 0.410. The van der Waals surface area contributed by atoms with Gasteiger partial charge in [0.05, 0.1) is 6.61 Å². The first kappa shape index (κ1) is 21.8. The van der Waals surface area contributed by atoms with Gasteiger partial charge in [-0.25, -0.2) is 0 Å². The van der Waals surface area contributed by atoms with E-state index in [1.54, 1.807) is 0 Å². The van der Waals surface area contributed by atoms with E-state index in [9.17, 15) is 22.7 Å². The second kappa shape index (κ2) is 7.84. The monoisotopic (exact) mass is 460 g/mol. The lowest BCUT2D eigenvalue weighted by Gasteiger charge is -2.59. The van der Waals surface area contributed by atoms with Crippen LogP contribution in [0.15, 0.2) is 24.3 Å². The molecular weight excluding hydrogens is 440 g/mol. The molecule has 0 aromatic heterocycles. The maximum atomic E-state index is 13.9. The predicted molar refractivity (Wildman–Crippen MR) is 96.6 cm³/mol. The van der Waals surface area contributed by atoms with Gasteiger partial charge in [-0.05, 0) is 24.1 Å². The lowest BCUT2D eigenvalue weighted by atomic mass is 9.67. The van der Waals surface area contributed by atoms with Crippen molar-refractivity contribution in [2.45, 2.75) is 66.7 Å². The minimum Gasteiger partial charge on any atom is -0.494 e. The van der Waals surface area contributed by atoms with Gasteiger partial charge < -0.3 is 9.84 Å². The third kappa shape index (κ3) is 3.24. The summed E-state index contributed by atoms with van der Waals surface area (Å²) in [4.78, 5) is 0. The smallest absolute Gasteiger partial charge is 0.347 e. The van der Waals surface area contributed by atoms with Crippen molar-refractivity contribution in [2.75, 3.05) is 6.61 Å². The Morgan fingerprint density at radius 3 is 2.04 bits per heavy atom. The van der Waals surface area contributed by atoms with Gasteiger partial charge in [0.15, 0.2) is 5.60 Å². The van der Waals surface area contributed by atoms with E-state index in [4.69, 9.17) is 16.3 Å². The van der Waals surface area contributed by atoms with Crippen molar-refractivity contribution in [3.8, 4) is 5.75 Å². The molecule has 0 radical (unpaired) electrons. The molecule has 2 unspecified atom stereocenters. The molecule has 0 spiro atoms. The van der Waals surface area contributed by atoms with Crippen LogP contribution in [-0.4, -0.2) is 27.3 Å². The van der Waals surface area contributed by atoms with E-state index in [1.807, 2.05) is 0 Å². The summed E-state index contributed by atoms with van der Waals surface area (Å²) in [7, 11) is 0. The topological polar surface area (TPSA) is 29.5 Å². The van der Waals surface area contributed by atoms with Crippen LogP contribution in [0.2, 0.25) is 0 Å². The Balaban J connectivity index is 1.95. The second-order valence-electron chi connectivity index (χ2n) is 6.57. The van der Waals surface area contributed by atoms with E-state index >= 15 is 0 Å². The fourth-order valence-corrected chi connectivity index (χ4v) is 4.09. The zero-order chi connectivity index (χ0) is 19.6. The summed E-state index contributed by atoms with van der Waals surface area (Å²) >= 11 is 7.89. The molecule has 1 aliphatic rings.